The minimum Gasteiger partial charge on any atom is -0.496 e. The summed E-state index contributed by atoms with van der Waals surface area (Å²) >= 11 is 4.73. The average Bonchev–Trinajstić information content (AvgIpc) is 1.66. The highest BCUT2D eigenvalue weighted by molar-refractivity contribution is 7.92. The van der Waals surface area contributed by atoms with Crippen LogP contribution in [-0.4, -0.2) is 143 Å². The van der Waals surface area contributed by atoms with Crippen LogP contribution in [0.5, 0.6) is 17.5 Å². The maximum atomic E-state index is 14.4. The normalized spacial score (nSPS) is 13.7. The van der Waals surface area contributed by atoms with E-state index in [9.17, 15) is 76.7 Å². The lowest BCUT2D eigenvalue weighted by atomic mass is 9.91. The summed E-state index contributed by atoms with van der Waals surface area (Å²) in [4.78, 5) is 80.0. The van der Waals surface area contributed by atoms with Gasteiger partial charge in [-0.05, 0) is 150 Å². The van der Waals surface area contributed by atoms with Crippen molar-refractivity contribution < 1.29 is 86.1 Å². The predicted octanol–water partition coefficient (Wildman–Crippen LogP) is 7.76. The molecule has 0 bridgehead atoms. The number of nitrogens with two attached hydrogens (primary N) is 1. The molecule has 0 spiro atoms. The van der Waals surface area contributed by atoms with E-state index in [4.69, 9.17) is 37.0 Å². The number of carbonyl (C=O) groups excluding carboxylic acids is 4. The van der Waals surface area contributed by atoms with Crippen LogP contribution in [-0.2, 0) is 90.5 Å². The quantitative estimate of drug-likeness (QED) is 0.0223. The second-order valence-corrected chi connectivity index (χ2v) is 31.8. The molecule has 11 rings (SSSR count). The average molecular weight is 1570 g/mol. The molecule has 1 fully saturated rings. The van der Waals surface area contributed by atoms with Crippen molar-refractivity contribution in [2.45, 2.75) is 123 Å². The number of hydrogen-bond donors (Lipinski definition) is 5. The Labute approximate surface area is 618 Å². The Morgan fingerprint density at radius 3 is 1.94 bits per heavy atom. The van der Waals surface area contributed by atoms with Gasteiger partial charge in [0, 0.05) is 55.1 Å². The van der Waals surface area contributed by atoms with Crippen molar-refractivity contribution >= 4 is 82.1 Å². The molecule has 5 heterocycles. The van der Waals surface area contributed by atoms with Crippen LogP contribution in [0.15, 0.2) is 116 Å². The van der Waals surface area contributed by atoms with Crippen molar-refractivity contribution in [3.8, 4) is 34.3 Å². The van der Waals surface area contributed by atoms with Crippen LogP contribution in [0.25, 0.3) is 16.8 Å². The molecule has 2 aliphatic heterocycles. The predicted molar refractivity (Wildman–Crippen MR) is 391 cm³/mol. The van der Waals surface area contributed by atoms with E-state index in [-0.39, 0.29) is 92.8 Å². The fourth-order valence-electron chi connectivity index (χ4n) is 11.1. The highest BCUT2D eigenvalue weighted by atomic mass is 32.2. The smallest absolute Gasteiger partial charge is 0.451 e. The summed E-state index contributed by atoms with van der Waals surface area (Å²) in [6.07, 6.45) is 1.41. The van der Waals surface area contributed by atoms with Crippen molar-refractivity contribution in [2.24, 2.45) is 30.4 Å². The molecule has 37 heteroatoms. The Balaban J connectivity index is 0.000000180. The number of thiocarbonyl (C=S) groups is 1. The minimum absolute atomic E-state index is 0.0493. The molecule has 5 aromatic carbocycles. The number of anilines is 1. The number of amides is 2. The van der Waals surface area contributed by atoms with Crippen LogP contribution in [0.2, 0.25) is 0 Å². The maximum absolute atomic E-state index is 14.4. The third kappa shape index (κ3) is 19.1. The summed E-state index contributed by atoms with van der Waals surface area (Å²) in [6, 6.07) is 20.5. The molecule has 29 nitrogen and oxygen atoms in total. The lowest BCUT2D eigenvalue weighted by molar-refractivity contribution is -0.147. The molecular formula is C70H80F4N12O17S4. The first kappa shape index (κ1) is 82.3. The van der Waals surface area contributed by atoms with Gasteiger partial charge in [0.25, 0.3) is 27.4 Å². The molecule has 1 saturated carbocycles. The summed E-state index contributed by atoms with van der Waals surface area (Å²) in [6.45, 7) is 16.9. The van der Waals surface area contributed by atoms with Crippen LogP contribution >= 0.6 is 12.2 Å². The monoisotopic (exact) mass is 1560 g/mol. The van der Waals surface area contributed by atoms with Crippen LogP contribution in [0.3, 0.4) is 0 Å². The number of sulfonamides is 2. The van der Waals surface area contributed by atoms with Crippen molar-refractivity contribution in [1.82, 2.24) is 43.5 Å². The van der Waals surface area contributed by atoms with E-state index in [1.54, 1.807) is 34.5 Å². The molecular weight excluding hydrogens is 1490 g/mol. The number of halogens is 4. The van der Waals surface area contributed by atoms with E-state index in [0.29, 0.717) is 79.2 Å². The molecule has 3 aliphatic rings. The zero-order valence-electron chi connectivity index (χ0n) is 60.3. The fourth-order valence-corrected chi connectivity index (χ4v) is 13.8. The number of alkyl halides is 3. The standard InChI is InChI=1S/C23H32N2O4.C18H18N2O5S.C16H17N3O5S.C13H13F4N5O3S2/c1-7-16-13-15(3)14-17(8-2)18(16)19-20(26)24-9-11-28-12-10-25(24)21(19)29-22(27)23(4,5)6;1-25-16-5-3-2-4-15(16)18(22)20-26(23,24)14-10-6-12(7-11-14)17(21)19-13-8-9-13;1-9-10(15(20)11-8-17-19(2)16(11)21)4-5-13(25(3,22)23)14(9)12-6-7-24-18-12;1-3-27(24,25)20-8-5-9(7(14)4-6(8)10(18)26)22-12(23)21(2)11(19-22)13(15,16)17/h13-14H,7-12H2,1-6H3;2-7,10-11,13H,8-9H2,1H3,(H,19,21)(H,20,22);4-5,8,21H,6-7H2,1-3H3;4-5,20H,3H2,1-2H3,(H2,18,26). The Hall–Kier alpha value is -10.4. The molecule has 2 amide bonds. The maximum Gasteiger partial charge on any atom is 0.451 e. The molecule has 6 N–H and O–H groups in total. The van der Waals surface area contributed by atoms with E-state index in [0.717, 1.165) is 61.7 Å². The molecule has 3 aromatic heterocycles. The number of carbonyl (C=O) groups is 4. The third-order valence-corrected chi connectivity index (χ3v) is 20.8. The number of para-hydroxylation sites is 1. The number of nitrogens with zero attached hydrogens (tertiary/aromatic N) is 8. The number of aromatic nitrogens is 7. The first-order valence-electron chi connectivity index (χ1n) is 33.1. The number of aryl methyl sites for hydroxylation is 4. The molecule has 0 atom stereocenters. The number of fused-ring (bicyclic) bond motifs is 1. The van der Waals surface area contributed by atoms with Crippen LogP contribution in [0, 0.1) is 25.1 Å². The van der Waals surface area contributed by atoms with Gasteiger partial charge >= 0.3 is 17.8 Å². The number of hydrogen-bond acceptors (Lipinski definition) is 21. The summed E-state index contributed by atoms with van der Waals surface area (Å²) < 4.78 is 152. The number of oxime groups is 1. The number of ketones is 1. The van der Waals surface area contributed by atoms with Crippen molar-refractivity contribution in [3.63, 3.8) is 0 Å². The number of ether oxygens (including phenoxy) is 3. The highest BCUT2D eigenvalue weighted by Gasteiger charge is 2.39. The van der Waals surface area contributed by atoms with E-state index in [1.807, 2.05) is 25.5 Å². The van der Waals surface area contributed by atoms with E-state index < -0.39 is 76.2 Å². The number of nitrogens with one attached hydrogen (secondary N) is 3. The van der Waals surface area contributed by atoms with Crippen LogP contribution in [0.1, 0.15) is 137 Å². The number of sulfone groups is 1. The van der Waals surface area contributed by atoms with Crippen molar-refractivity contribution in [2.75, 3.05) is 43.7 Å². The number of esters is 1. The van der Waals surface area contributed by atoms with Gasteiger partial charge in [-0.2, -0.15) is 23.0 Å². The van der Waals surface area contributed by atoms with Crippen molar-refractivity contribution in [3.05, 3.63) is 179 Å². The fraction of sp³-hybridized carbons (Fsp3) is 0.371. The van der Waals surface area contributed by atoms with E-state index in [1.165, 1.54) is 80.0 Å². The third-order valence-electron chi connectivity index (χ3n) is 16.8. The summed E-state index contributed by atoms with van der Waals surface area (Å²) in [5, 5.41) is 23.7. The van der Waals surface area contributed by atoms with Gasteiger partial charge in [-0.1, -0.05) is 61.0 Å². The van der Waals surface area contributed by atoms with E-state index >= 15 is 0 Å². The number of rotatable bonds is 19. The van der Waals surface area contributed by atoms with Gasteiger partial charge in [-0.3, -0.25) is 33.3 Å². The zero-order chi connectivity index (χ0) is 79.2. The lowest BCUT2D eigenvalue weighted by Gasteiger charge is -2.19. The summed E-state index contributed by atoms with van der Waals surface area (Å²) in [7, 11) is -7.72. The van der Waals surface area contributed by atoms with Crippen molar-refractivity contribution in [1.29, 1.82) is 0 Å². The largest absolute Gasteiger partial charge is 0.496 e. The summed E-state index contributed by atoms with van der Waals surface area (Å²) in [5.74, 6) is -4.55. The Kier molecular flexibility index (Phi) is 25.5. The first-order chi connectivity index (χ1) is 50.1. The van der Waals surface area contributed by atoms with Crippen LogP contribution < -0.4 is 41.2 Å². The van der Waals surface area contributed by atoms with Gasteiger partial charge in [-0.25, -0.2) is 53.2 Å². The number of aromatic hydroxyl groups is 1. The molecule has 0 saturated heterocycles. The van der Waals surface area contributed by atoms with E-state index in [2.05, 4.69) is 58.3 Å². The molecule has 0 radical (unpaired) electrons. The molecule has 8 aromatic rings. The lowest BCUT2D eigenvalue weighted by Crippen LogP contribution is -2.31. The minimum atomic E-state index is -4.96. The van der Waals surface area contributed by atoms with Gasteiger partial charge in [0.15, 0.2) is 15.6 Å². The Morgan fingerprint density at radius 1 is 0.794 bits per heavy atom. The number of methoxy groups -OCH3 is 1. The first-order valence-corrected chi connectivity index (χ1v) is 38.6. The molecule has 0 unspecified atom stereocenters. The van der Waals surface area contributed by atoms with Gasteiger partial charge in [-0.15, -0.1) is 5.10 Å². The molecule has 574 valence electrons. The van der Waals surface area contributed by atoms with Gasteiger partial charge < -0.3 is 35.2 Å². The highest BCUT2D eigenvalue weighted by Crippen LogP contribution is 2.38. The second-order valence-electron chi connectivity index (χ2n) is 25.7. The molecule has 1 aliphatic carbocycles. The topological polar surface area (TPSA) is 387 Å². The Bertz CT molecular complexity index is 5280. The second kappa shape index (κ2) is 33.2. The summed E-state index contributed by atoms with van der Waals surface area (Å²) in [5.41, 5.74) is 9.08. The van der Waals surface area contributed by atoms with Gasteiger partial charge in [0.1, 0.15) is 40.0 Å². The molecule has 107 heavy (non-hydrogen) atoms. The van der Waals surface area contributed by atoms with Gasteiger partial charge in [0.2, 0.25) is 27.6 Å². The van der Waals surface area contributed by atoms with Crippen LogP contribution in [0.4, 0.5) is 23.2 Å². The number of benzene rings is 5. The zero-order valence-corrected chi connectivity index (χ0v) is 63.6. The Morgan fingerprint density at radius 2 is 1.42 bits per heavy atom. The SMILES string of the molecule is CCS(=O)(=O)Nc1cc(-n2nc(C(F)(F)F)n(C)c2=O)c(F)cc1C(N)=S.CCc1cc(C)cc(CC)c1-c1c(OC(=O)C(C)(C)C)n2n(c1=O)CCOCC2.COc1ccccc1C(=O)NS(=O)(=O)c1ccc(C(=O)NC2CC2)cc1.Cc1c(C(=O)c2cnn(C)c2O)ccc(S(C)(=O)=O)c1C1=NOCC1. The van der Waals surface area contributed by atoms with Gasteiger partial charge in [0.05, 0.1) is 77.5 Å².